The van der Waals surface area contributed by atoms with Crippen LogP contribution in [0.25, 0.3) is 21.7 Å². The minimum absolute atomic E-state index is 0.580. The molecule has 1 aliphatic rings. The molecule has 0 fully saturated rings. The number of rotatable bonds is 1. The number of nitrogens with one attached hydrogen (secondary N) is 1. The summed E-state index contributed by atoms with van der Waals surface area (Å²) in [6.07, 6.45) is 0. The molecule has 0 amide bonds. The van der Waals surface area contributed by atoms with Crippen molar-refractivity contribution in [3.63, 3.8) is 0 Å². The maximum atomic E-state index is 5.95. The molecule has 4 rings (SSSR count). The van der Waals surface area contributed by atoms with Gasteiger partial charge in [0.25, 0.3) is 0 Å². The summed E-state index contributed by atoms with van der Waals surface area (Å²) in [5, 5.41) is 0. The van der Waals surface area contributed by atoms with Crippen molar-refractivity contribution in [1.82, 2.24) is 9.97 Å². The van der Waals surface area contributed by atoms with Crippen molar-refractivity contribution in [2.45, 2.75) is 0 Å². The summed E-state index contributed by atoms with van der Waals surface area (Å²) in [5.41, 5.74) is 1.80. The van der Waals surface area contributed by atoms with E-state index in [1.807, 2.05) is 24.3 Å². The molecule has 0 bridgehead atoms. The SMILES string of the molecule is Clc1ccc(-c2nc3cc4c(cc3[nH]2)OCCO4)s1. The van der Waals surface area contributed by atoms with Crippen LogP contribution in [-0.2, 0) is 0 Å². The summed E-state index contributed by atoms with van der Waals surface area (Å²) in [4.78, 5) is 8.86. The maximum Gasteiger partial charge on any atom is 0.163 e. The summed E-state index contributed by atoms with van der Waals surface area (Å²) in [5.74, 6) is 2.33. The molecule has 0 saturated carbocycles. The molecule has 19 heavy (non-hydrogen) atoms. The zero-order valence-corrected chi connectivity index (χ0v) is 11.3. The summed E-state index contributed by atoms with van der Waals surface area (Å²) >= 11 is 7.45. The first-order valence-electron chi connectivity index (χ1n) is 5.85. The van der Waals surface area contributed by atoms with Crippen LogP contribution in [0.15, 0.2) is 24.3 Å². The van der Waals surface area contributed by atoms with E-state index in [1.165, 1.54) is 11.3 Å². The van der Waals surface area contributed by atoms with E-state index >= 15 is 0 Å². The second kappa shape index (κ2) is 4.15. The lowest BCUT2D eigenvalue weighted by Gasteiger charge is -2.17. The van der Waals surface area contributed by atoms with Crippen LogP contribution in [-0.4, -0.2) is 23.2 Å². The molecule has 0 saturated heterocycles. The Kier molecular flexibility index (Phi) is 2.43. The molecule has 0 spiro atoms. The van der Waals surface area contributed by atoms with E-state index in [1.54, 1.807) is 0 Å². The molecule has 1 aromatic carbocycles. The van der Waals surface area contributed by atoms with Crippen LogP contribution in [0.5, 0.6) is 11.5 Å². The predicted molar refractivity (Wildman–Crippen MR) is 75.4 cm³/mol. The molecular weight excluding hydrogens is 284 g/mol. The third kappa shape index (κ3) is 1.86. The summed E-state index contributed by atoms with van der Waals surface area (Å²) in [7, 11) is 0. The van der Waals surface area contributed by atoms with Gasteiger partial charge in [0.2, 0.25) is 0 Å². The van der Waals surface area contributed by atoms with Gasteiger partial charge in [-0.1, -0.05) is 11.6 Å². The van der Waals surface area contributed by atoms with E-state index in [9.17, 15) is 0 Å². The highest BCUT2D eigenvalue weighted by molar-refractivity contribution is 7.19. The molecule has 96 valence electrons. The molecule has 4 nitrogen and oxygen atoms in total. The number of benzene rings is 1. The number of halogens is 1. The molecule has 0 radical (unpaired) electrons. The van der Waals surface area contributed by atoms with Gasteiger partial charge in [0.1, 0.15) is 19.0 Å². The van der Waals surface area contributed by atoms with Gasteiger partial charge in [-0.2, -0.15) is 0 Å². The predicted octanol–water partition coefficient (Wildman–Crippen LogP) is 3.72. The standard InChI is InChI=1S/C13H9ClN2O2S/c14-12-2-1-11(19-12)13-15-7-5-9-10(6-8(7)16-13)18-4-3-17-9/h1-2,5-6H,3-4H2,(H,15,16). The Balaban J connectivity index is 1.87. The molecule has 0 atom stereocenters. The Morgan fingerprint density at radius 3 is 2.68 bits per heavy atom. The number of nitrogens with zero attached hydrogens (tertiary/aromatic N) is 1. The van der Waals surface area contributed by atoms with Gasteiger partial charge in [0.05, 0.1) is 20.2 Å². The van der Waals surface area contributed by atoms with E-state index in [0.29, 0.717) is 13.2 Å². The van der Waals surface area contributed by atoms with Crippen molar-refractivity contribution < 1.29 is 9.47 Å². The first-order chi connectivity index (χ1) is 9.29. The van der Waals surface area contributed by atoms with E-state index in [0.717, 1.165) is 37.6 Å². The molecule has 2 aromatic heterocycles. The Labute approximate surface area is 117 Å². The minimum Gasteiger partial charge on any atom is -0.486 e. The zero-order valence-electron chi connectivity index (χ0n) is 9.77. The van der Waals surface area contributed by atoms with Gasteiger partial charge in [-0.15, -0.1) is 11.3 Å². The van der Waals surface area contributed by atoms with E-state index < -0.39 is 0 Å². The lowest BCUT2D eigenvalue weighted by molar-refractivity contribution is 0.172. The quantitative estimate of drug-likeness (QED) is 0.743. The van der Waals surface area contributed by atoms with Crippen molar-refractivity contribution in [1.29, 1.82) is 0 Å². The molecule has 0 aliphatic carbocycles. The normalized spacial score (nSPS) is 13.9. The van der Waals surface area contributed by atoms with Gasteiger partial charge in [0.15, 0.2) is 11.5 Å². The third-order valence-corrected chi connectivity index (χ3v) is 4.19. The average molecular weight is 293 g/mol. The van der Waals surface area contributed by atoms with Gasteiger partial charge in [-0.25, -0.2) is 4.98 Å². The van der Waals surface area contributed by atoms with Crippen molar-refractivity contribution in [2.75, 3.05) is 13.2 Å². The number of aromatic nitrogens is 2. The van der Waals surface area contributed by atoms with Gasteiger partial charge in [-0.3, -0.25) is 0 Å². The molecule has 0 unspecified atom stereocenters. The smallest absolute Gasteiger partial charge is 0.163 e. The van der Waals surface area contributed by atoms with Gasteiger partial charge >= 0.3 is 0 Å². The lowest BCUT2D eigenvalue weighted by atomic mass is 10.2. The first kappa shape index (κ1) is 11.1. The number of hydrogen-bond donors (Lipinski definition) is 1. The van der Waals surface area contributed by atoms with Gasteiger partial charge in [-0.05, 0) is 12.1 Å². The Morgan fingerprint density at radius 1 is 1.16 bits per heavy atom. The van der Waals surface area contributed by atoms with E-state index in [-0.39, 0.29) is 0 Å². The highest BCUT2D eigenvalue weighted by Gasteiger charge is 2.15. The second-order valence-electron chi connectivity index (χ2n) is 4.20. The fraction of sp³-hybridized carbons (Fsp3) is 0.154. The number of thiophene rings is 1. The summed E-state index contributed by atoms with van der Waals surface area (Å²) in [6.45, 7) is 1.16. The minimum atomic E-state index is 0.580. The van der Waals surface area contributed by atoms with Crippen LogP contribution in [0.1, 0.15) is 0 Å². The number of hydrogen-bond acceptors (Lipinski definition) is 4. The van der Waals surface area contributed by atoms with E-state index in [4.69, 9.17) is 21.1 Å². The summed E-state index contributed by atoms with van der Waals surface area (Å²) < 4.78 is 11.9. The largest absolute Gasteiger partial charge is 0.486 e. The average Bonchev–Trinajstić information content (AvgIpc) is 3.01. The van der Waals surface area contributed by atoms with Crippen LogP contribution in [0.2, 0.25) is 4.34 Å². The van der Waals surface area contributed by atoms with Crippen LogP contribution in [0, 0.1) is 0 Å². The number of imidazole rings is 1. The Hall–Kier alpha value is -1.72. The number of ether oxygens (including phenoxy) is 2. The molecule has 3 aromatic rings. The topological polar surface area (TPSA) is 47.1 Å². The Bertz CT molecular complexity index is 722. The van der Waals surface area contributed by atoms with Crippen molar-refractivity contribution in [3.05, 3.63) is 28.6 Å². The zero-order chi connectivity index (χ0) is 12.8. The van der Waals surface area contributed by atoms with Crippen LogP contribution in [0.3, 0.4) is 0 Å². The fourth-order valence-corrected chi connectivity index (χ4v) is 3.09. The highest BCUT2D eigenvalue weighted by Crippen LogP contribution is 2.36. The molecule has 6 heteroatoms. The number of aromatic amines is 1. The number of fused-ring (bicyclic) bond motifs is 2. The second-order valence-corrected chi connectivity index (χ2v) is 5.92. The van der Waals surface area contributed by atoms with Crippen LogP contribution in [0.4, 0.5) is 0 Å². The molecule has 3 heterocycles. The van der Waals surface area contributed by atoms with E-state index in [2.05, 4.69) is 9.97 Å². The third-order valence-electron chi connectivity index (χ3n) is 2.95. The molecule has 1 N–H and O–H groups in total. The highest BCUT2D eigenvalue weighted by atomic mass is 35.5. The molecular formula is C13H9ClN2O2S. The van der Waals surface area contributed by atoms with Crippen molar-refractivity contribution in [3.8, 4) is 22.2 Å². The van der Waals surface area contributed by atoms with Gasteiger partial charge in [0, 0.05) is 12.1 Å². The lowest BCUT2D eigenvalue weighted by Crippen LogP contribution is -2.15. The van der Waals surface area contributed by atoms with Crippen molar-refractivity contribution in [2.24, 2.45) is 0 Å². The first-order valence-corrected chi connectivity index (χ1v) is 7.04. The monoisotopic (exact) mass is 292 g/mol. The number of H-pyrrole nitrogens is 1. The fourth-order valence-electron chi connectivity index (χ4n) is 2.10. The Morgan fingerprint density at radius 2 is 1.95 bits per heavy atom. The van der Waals surface area contributed by atoms with Crippen LogP contribution >= 0.6 is 22.9 Å². The van der Waals surface area contributed by atoms with Gasteiger partial charge < -0.3 is 14.5 Å². The van der Waals surface area contributed by atoms with Crippen molar-refractivity contribution >= 4 is 34.0 Å². The maximum absolute atomic E-state index is 5.95. The molecule has 1 aliphatic heterocycles. The summed E-state index contributed by atoms with van der Waals surface area (Å²) in [6, 6.07) is 7.65. The van der Waals surface area contributed by atoms with Crippen LogP contribution < -0.4 is 9.47 Å².